The molecule has 4 unspecified atom stereocenters. The molecule has 2 fully saturated rings. The summed E-state index contributed by atoms with van der Waals surface area (Å²) >= 11 is 6.97. The highest BCUT2D eigenvalue weighted by molar-refractivity contribution is 7.99. The highest BCUT2D eigenvalue weighted by Gasteiger charge is 2.50. The van der Waals surface area contributed by atoms with E-state index >= 15 is 0 Å². The molecule has 0 bridgehead atoms. The SMILES string of the molecule is COC1C(N=[N+]=[N-])[C@H]2OC(c3ccccc3)OCC2O[C@@H]1Sc1ccc(C(F)(F)F)c(Cl)c1. The zero-order valence-corrected chi connectivity index (χ0v) is 18.8. The van der Waals surface area contributed by atoms with Crippen LogP contribution in [0.4, 0.5) is 13.2 Å². The maximum Gasteiger partial charge on any atom is 0.417 e. The van der Waals surface area contributed by atoms with Crippen LogP contribution in [0, 0.1) is 0 Å². The number of thioether (sulfide) groups is 1. The van der Waals surface area contributed by atoms with E-state index in [4.69, 9.17) is 36.1 Å². The molecular formula is C21H19ClF3N3O4S. The van der Waals surface area contributed by atoms with Gasteiger partial charge in [0, 0.05) is 22.5 Å². The molecule has 0 amide bonds. The smallest absolute Gasteiger partial charge is 0.377 e. The maximum atomic E-state index is 13.0. The van der Waals surface area contributed by atoms with Gasteiger partial charge >= 0.3 is 6.18 Å². The van der Waals surface area contributed by atoms with Crippen molar-refractivity contribution in [3.8, 4) is 0 Å². The van der Waals surface area contributed by atoms with Crippen LogP contribution in [0.3, 0.4) is 0 Å². The number of ether oxygens (including phenoxy) is 4. The molecule has 2 aliphatic heterocycles. The highest BCUT2D eigenvalue weighted by Crippen LogP contribution is 2.42. The minimum atomic E-state index is -4.55. The first-order chi connectivity index (χ1) is 15.8. The molecule has 2 saturated heterocycles. The van der Waals surface area contributed by atoms with Crippen LogP contribution in [-0.2, 0) is 25.1 Å². The summed E-state index contributed by atoms with van der Waals surface area (Å²) < 4.78 is 62.7. The van der Waals surface area contributed by atoms with Crippen molar-refractivity contribution in [2.45, 2.75) is 47.2 Å². The van der Waals surface area contributed by atoms with E-state index in [0.717, 1.165) is 23.4 Å². The molecule has 7 nitrogen and oxygen atoms in total. The molecule has 2 heterocycles. The van der Waals surface area contributed by atoms with Gasteiger partial charge in [0.2, 0.25) is 0 Å². The molecule has 176 valence electrons. The van der Waals surface area contributed by atoms with Gasteiger partial charge in [0.05, 0.1) is 23.2 Å². The lowest BCUT2D eigenvalue weighted by Crippen LogP contribution is -2.60. The van der Waals surface area contributed by atoms with E-state index in [1.807, 2.05) is 30.3 Å². The van der Waals surface area contributed by atoms with Crippen LogP contribution in [-0.4, -0.2) is 43.5 Å². The Morgan fingerprint density at radius 2 is 1.94 bits per heavy atom. The van der Waals surface area contributed by atoms with Gasteiger partial charge in [-0.2, -0.15) is 13.2 Å². The zero-order chi connectivity index (χ0) is 23.6. The average Bonchev–Trinajstić information content (AvgIpc) is 2.79. The van der Waals surface area contributed by atoms with Crippen LogP contribution in [0.25, 0.3) is 10.4 Å². The number of rotatable bonds is 5. The van der Waals surface area contributed by atoms with Gasteiger partial charge in [0.15, 0.2) is 6.29 Å². The van der Waals surface area contributed by atoms with Gasteiger partial charge in [-0.25, -0.2) is 0 Å². The van der Waals surface area contributed by atoms with Crippen molar-refractivity contribution in [2.24, 2.45) is 5.11 Å². The molecular weight excluding hydrogens is 483 g/mol. The number of hydrogen-bond donors (Lipinski definition) is 0. The number of hydrogen-bond acceptors (Lipinski definition) is 6. The summed E-state index contributed by atoms with van der Waals surface area (Å²) in [5, 5.41) is 3.49. The molecule has 12 heteroatoms. The molecule has 0 radical (unpaired) electrons. The number of halogens is 4. The summed E-state index contributed by atoms with van der Waals surface area (Å²) in [6.07, 6.45) is -7.17. The van der Waals surface area contributed by atoms with Crippen molar-refractivity contribution < 1.29 is 32.1 Å². The Hall–Kier alpha value is -1.98. The summed E-state index contributed by atoms with van der Waals surface area (Å²) in [6.45, 7) is 0.170. The first kappa shape index (κ1) is 24.2. The number of nitrogens with zero attached hydrogens (tertiary/aromatic N) is 3. The third-order valence-corrected chi connectivity index (χ3v) is 6.79. The van der Waals surface area contributed by atoms with Gasteiger partial charge in [-0.3, -0.25) is 0 Å². The van der Waals surface area contributed by atoms with Crippen molar-refractivity contribution in [3.05, 3.63) is 75.1 Å². The van der Waals surface area contributed by atoms with E-state index in [1.165, 1.54) is 19.2 Å². The molecule has 6 atom stereocenters. The Balaban J connectivity index is 1.56. The van der Waals surface area contributed by atoms with Gasteiger partial charge in [0.25, 0.3) is 0 Å². The second kappa shape index (κ2) is 10.1. The van der Waals surface area contributed by atoms with E-state index in [9.17, 15) is 13.2 Å². The molecule has 2 aromatic rings. The predicted octanol–water partition coefficient (Wildman–Crippen LogP) is 5.98. The van der Waals surface area contributed by atoms with E-state index in [0.29, 0.717) is 4.90 Å². The summed E-state index contributed by atoms with van der Waals surface area (Å²) in [6, 6.07) is 12.0. The Morgan fingerprint density at radius 1 is 1.18 bits per heavy atom. The summed E-state index contributed by atoms with van der Waals surface area (Å²) in [5.74, 6) is 0. The van der Waals surface area contributed by atoms with Crippen LogP contribution in [0.15, 0.2) is 58.5 Å². The standard InChI is InChI=1S/C21H19ClF3N3O4S/c1-29-18-16(27-28-26)17-15(10-30-19(32-17)11-5-3-2-4-6-11)31-20(18)33-12-7-8-13(14(22)9-12)21(23,24)25/h2-9,15-20H,10H2,1H3/t15?,16?,17-,18?,19?,20+/m0/s1. The number of fused-ring (bicyclic) bond motifs is 1. The minimum Gasteiger partial charge on any atom is -0.377 e. The Bertz CT molecular complexity index is 1030. The van der Waals surface area contributed by atoms with Crippen LogP contribution in [0.2, 0.25) is 5.02 Å². The fourth-order valence-corrected chi connectivity index (χ4v) is 5.37. The Labute approximate surface area is 196 Å². The van der Waals surface area contributed by atoms with Crippen molar-refractivity contribution in [2.75, 3.05) is 13.7 Å². The van der Waals surface area contributed by atoms with Crippen LogP contribution < -0.4 is 0 Å². The van der Waals surface area contributed by atoms with Crippen LogP contribution in [0.1, 0.15) is 17.4 Å². The van der Waals surface area contributed by atoms with Gasteiger partial charge in [-0.1, -0.05) is 58.8 Å². The van der Waals surface area contributed by atoms with Crippen molar-refractivity contribution >= 4 is 23.4 Å². The van der Waals surface area contributed by atoms with Crippen molar-refractivity contribution in [1.29, 1.82) is 0 Å². The van der Waals surface area contributed by atoms with Gasteiger partial charge < -0.3 is 18.9 Å². The number of alkyl halides is 3. The largest absolute Gasteiger partial charge is 0.417 e. The zero-order valence-electron chi connectivity index (χ0n) is 17.2. The third kappa shape index (κ3) is 5.25. The van der Waals surface area contributed by atoms with Crippen LogP contribution in [0.5, 0.6) is 0 Å². The van der Waals surface area contributed by atoms with E-state index in [-0.39, 0.29) is 6.61 Å². The average molecular weight is 502 g/mol. The number of benzene rings is 2. The Morgan fingerprint density at radius 3 is 2.58 bits per heavy atom. The van der Waals surface area contributed by atoms with Crippen LogP contribution >= 0.6 is 23.4 Å². The third-order valence-electron chi connectivity index (χ3n) is 5.34. The lowest BCUT2D eigenvalue weighted by molar-refractivity contribution is -0.298. The van der Waals surface area contributed by atoms with E-state index < -0.39 is 52.8 Å². The lowest BCUT2D eigenvalue weighted by Gasteiger charge is -2.47. The topological polar surface area (TPSA) is 85.7 Å². The second-order valence-corrected chi connectivity index (χ2v) is 8.95. The molecule has 4 rings (SSSR count). The van der Waals surface area contributed by atoms with E-state index in [1.54, 1.807) is 0 Å². The molecule has 2 aromatic carbocycles. The molecule has 0 N–H and O–H groups in total. The van der Waals surface area contributed by atoms with Crippen molar-refractivity contribution in [1.82, 2.24) is 0 Å². The normalized spacial score (nSPS) is 29.7. The molecule has 2 aliphatic rings. The molecule has 0 aliphatic carbocycles. The summed E-state index contributed by atoms with van der Waals surface area (Å²) in [7, 11) is 1.44. The van der Waals surface area contributed by atoms with Gasteiger partial charge in [-0.05, 0) is 23.7 Å². The Kier molecular flexibility index (Phi) is 7.40. The molecule has 0 aromatic heterocycles. The summed E-state index contributed by atoms with van der Waals surface area (Å²) in [5.41, 5.74) is 8.34. The fraction of sp³-hybridized carbons (Fsp3) is 0.429. The number of methoxy groups -OCH3 is 1. The molecule has 0 spiro atoms. The number of azide groups is 1. The minimum absolute atomic E-state index is 0.170. The van der Waals surface area contributed by atoms with Crippen molar-refractivity contribution in [3.63, 3.8) is 0 Å². The maximum absolute atomic E-state index is 13.0. The lowest BCUT2D eigenvalue weighted by atomic mass is 9.96. The van der Waals surface area contributed by atoms with Gasteiger partial charge in [-0.15, -0.1) is 0 Å². The summed E-state index contributed by atoms with van der Waals surface area (Å²) in [4.78, 5) is 3.40. The fourth-order valence-electron chi connectivity index (χ4n) is 3.82. The first-order valence-electron chi connectivity index (χ1n) is 9.89. The second-order valence-electron chi connectivity index (χ2n) is 7.37. The van der Waals surface area contributed by atoms with E-state index in [2.05, 4.69) is 10.0 Å². The molecule has 33 heavy (non-hydrogen) atoms. The predicted molar refractivity (Wildman–Crippen MR) is 115 cm³/mol. The monoisotopic (exact) mass is 501 g/mol. The molecule has 0 saturated carbocycles. The first-order valence-corrected chi connectivity index (χ1v) is 11.2. The van der Waals surface area contributed by atoms with Gasteiger partial charge in [0.1, 0.15) is 23.7 Å². The quantitative estimate of drug-likeness (QED) is 0.285. The highest BCUT2D eigenvalue weighted by atomic mass is 35.5.